The van der Waals surface area contributed by atoms with Gasteiger partial charge in [-0.15, -0.1) is 11.8 Å². The average molecular weight is 294 g/mol. The van der Waals surface area contributed by atoms with Crippen molar-refractivity contribution in [1.29, 1.82) is 0 Å². The summed E-state index contributed by atoms with van der Waals surface area (Å²) in [5.74, 6) is 0.277. The standard InChI is InChI=1S/C16H22O3S/c1-5-15(17)13-6-8-14(9-7-13)20-12(4)16(18)19-10-11(2)3/h6-9,11-12H,5,10H2,1-4H3. The molecule has 1 aromatic rings. The van der Waals surface area contributed by atoms with Crippen molar-refractivity contribution in [2.24, 2.45) is 5.92 Å². The number of ether oxygens (including phenoxy) is 1. The maximum absolute atomic E-state index is 11.8. The molecule has 0 saturated carbocycles. The van der Waals surface area contributed by atoms with E-state index in [-0.39, 0.29) is 17.0 Å². The van der Waals surface area contributed by atoms with Crippen LogP contribution in [0.15, 0.2) is 29.2 Å². The van der Waals surface area contributed by atoms with Crippen LogP contribution < -0.4 is 0 Å². The number of Topliss-reactive ketones (excluding diaryl/α,β-unsaturated/α-hetero) is 1. The molecule has 1 unspecified atom stereocenters. The van der Waals surface area contributed by atoms with Crippen molar-refractivity contribution in [2.45, 2.75) is 44.3 Å². The van der Waals surface area contributed by atoms with Crippen LogP contribution in [-0.4, -0.2) is 23.6 Å². The lowest BCUT2D eigenvalue weighted by atomic mass is 10.1. The van der Waals surface area contributed by atoms with Crippen molar-refractivity contribution in [3.05, 3.63) is 29.8 Å². The SMILES string of the molecule is CCC(=O)c1ccc(SC(C)C(=O)OCC(C)C)cc1. The van der Waals surface area contributed by atoms with E-state index in [4.69, 9.17) is 4.74 Å². The van der Waals surface area contributed by atoms with Gasteiger partial charge in [-0.1, -0.05) is 32.9 Å². The fraction of sp³-hybridized carbons (Fsp3) is 0.500. The van der Waals surface area contributed by atoms with Crippen LogP contribution in [0.5, 0.6) is 0 Å². The Bertz CT molecular complexity index is 451. The smallest absolute Gasteiger partial charge is 0.319 e. The number of hydrogen-bond donors (Lipinski definition) is 0. The summed E-state index contributed by atoms with van der Waals surface area (Å²) in [5, 5.41) is -0.249. The van der Waals surface area contributed by atoms with Gasteiger partial charge in [0.25, 0.3) is 0 Å². The van der Waals surface area contributed by atoms with Gasteiger partial charge in [-0.3, -0.25) is 9.59 Å². The van der Waals surface area contributed by atoms with E-state index in [1.54, 1.807) is 12.1 Å². The molecule has 1 rings (SSSR count). The second-order valence-corrected chi connectivity index (χ2v) is 6.50. The lowest BCUT2D eigenvalue weighted by molar-refractivity contribution is -0.143. The second kappa shape index (κ2) is 8.10. The first-order valence-corrected chi connectivity index (χ1v) is 7.78. The van der Waals surface area contributed by atoms with Crippen LogP contribution in [0.25, 0.3) is 0 Å². The first-order chi connectivity index (χ1) is 9.43. The van der Waals surface area contributed by atoms with Crippen molar-refractivity contribution < 1.29 is 14.3 Å². The number of hydrogen-bond acceptors (Lipinski definition) is 4. The molecule has 0 saturated heterocycles. The van der Waals surface area contributed by atoms with E-state index in [2.05, 4.69) is 0 Å². The Hall–Kier alpha value is -1.29. The maximum atomic E-state index is 11.8. The molecule has 0 aliphatic heterocycles. The molecule has 0 radical (unpaired) electrons. The molecule has 0 amide bonds. The van der Waals surface area contributed by atoms with E-state index in [1.165, 1.54) is 11.8 Å². The summed E-state index contributed by atoms with van der Waals surface area (Å²) in [6.45, 7) is 8.15. The Morgan fingerprint density at radius 2 is 1.75 bits per heavy atom. The van der Waals surface area contributed by atoms with Gasteiger partial charge in [0.1, 0.15) is 5.25 Å². The van der Waals surface area contributed by atoms with Crippen LogP contribution in [-0.2, 0) is 9.53 Å². The maximum Gasteiger partial charge on any atom is 0.319 e. The van der Waals surface area contributed by atoms with Gasteiger partial charge >= 0.3 is 5.97 Å². The Morgan fingerprint density at radius 1 is 1.15 bits per heavy atom. The summed E-state index contributed by atoms with van der Waals surface area (Å²) >= 11 is 1.45. The summed E-state index contributed by atoms with van der Waals surface area (Å²) in [7, 11) is 0. The molecule has 0 heterocycles. The number of carbonyl (C=O) groups excluding carboxylic acids is 2. The zero-order valence-corrected chi connectivity index (χ0v) is 13.3. The molecule has 3 nitrogen and oxygen atoms in total. The fourth-order valence-electron chi connectivity index (χ4n) is 1.54. The van der Waals surface area contributed by atoms with Gasteiger partial charge in [0, 0.05) is 16.9 Å². The molecule has 0 spiro atoms. The van der Waals surface area contributed by atoms with E-state index in [1.807, 2.05) is 39.8 Å². The van der Waals surface area contributed by atoms with Crippen LogP contribution in [0.2, 0.25) is 0 Å². The van der Waals surface area contributed by atoms with E-state index in [9.17, 15) is 9.59 Å². The second-order valence-electron chi connectivity index (χ2n) is 5.09. The summed E-state index contributed by atoms with van der Waals surface area (Å²) in [5.41, 5.74) is 0.715. The van der Waals surface area contributed by atoms with Crippen LogP contribution in [0.3, 0.4) is 0 Å². The van der Waals surface area contributed by atoms with Crippen LogP contribution in [0, 0.1) is 5.92 Å². The molecule has 0 N–H and O–H groups in total. The minimum atomic E-state index is -0.249. The molecular weight excluding hydrogens is 272 g/mol. The van der Waals surface area contributed by atoms with Crippen molar-refractivity contribution in [1.82, 2.24) is 0 Å². The third-order valence-electron chi connectivity index (χ3n) is 2.70. The number of ketones is 1. The Labute approximate surface area is 125 Å². The predicted molar refractivity (Wildman–Crippen MR) is 82.2 cm³/mol. The molecule has 0 fully saturated rings. The minimum absolute atomic E-state index is 0.131. The number of esters is 1. The molecule has 0 aliphatic rings. The van der Waals surface area contributed by atoms with Crippen LogP contribution >= 0.6 is 11.8 Å². The van der Waals surface area contributed by atoms with Crippen molar-refractivity contribution >= 4 is 23.5 Å². The normalized spacial score (nSPS) is 12.2. The highest BCUT2D eigenvalue weighted by Gasteiger charge is 2.16. The van der Waals surface area contributed by atoms with Gasteiger partial charge in [-0.25, -0.2) is 0 Å². The molecule has 4 heteroatoms. The summed E-state index contributed by atoms with van der Waals surface area (Å²) in [6.07, 6.45) is 0.504. The van der Waals surface area contributed by atoms with Gasteiger partial charge in [-0.05, 0) is 25.0 Å². The first-order valence-electron chi connectivity index (χ1n) is 6.90. The highest BCUT2D eigenvalue weighted by Crippen LogP contribution is 2.24. The minimum Gasteiger partial charge on any atom is -0.465 e. The quantitative estimate of drug-likeness (QED) is 0.434. The third kappa shape index (κ3) is 5.37. The van der Waals surface area contributed by atoms with Gasteiger partial charge in [0.15, 0.2) is 5.78 Å². The number of benzene rings is 1. The van der Waals surface area contributed by atoms with E-state index in [0.717, 1.165) is 4.90 Å². The van der Waals surface area contributed by atoms with E-state index < -0.39 is 0 Å². The Balaban J connectivity index is 2.55. The number of thioether (sulfide) groups is 1. The molecule has 20 heavy (non-hydrogen) atoms. The monoisotopic (exact) mass is 294 g/mol. The Morgan fingerprint density at radius 3 is 2.25 bits per heavy atom. The van der Waals surface area contributed by atoms with Crippen LogP contribution in [0.4, 0.5) is 0 Å². The van der Waals surface area contributed by atoms with Gasteiger partial charge in [0.05, 0.1) is 6.61 Å². The molecular formula is C16H22O3S. The van der Waals surface area contributed by atoms with E-state index in [0.29, 0.717) is 24.5 Å². The lowest BCUT2D eigenvalue weighted by Gasteiger charge is -2.12. The first kappa shape index (κ1) is 16.8. The fourth-order valence-corrected chi connectivity index (χ4v) is 2.41. The van der Waals surface area contributed by atoms with Crippen molar-refractivity contribution in [3.63, 3.8) is 0 Å². The van der Waals surface area contributed by atoms with Crippen molar-refractivity contribution in [2.75, 3.05) is 6.61 Å². The van der Waals surface area contributed by atoms with E-state index >= 15 is 0 Å². The average Bonchev–Trinajstić information content (AvgIpc) is 2.44. The number of rotatable bonds is 7. The molecule has 0 bridgehead atoms. The van der Waals surface area contributed by atoms with Crippen molar-refractivity contribution in [3.8, 4) is 0 Å². The Kier molecular flexibility index (Phi) is 6.79. The summed E-state index contributed by atoms with van der Waals surface area (Å²) in [4.78, 5) is 24.3. The molecule has 0 aromatic heterocycles. The molecule has 110 valence electrons. The van der Waals surface area contributed by atoms with Gasteiger partial charge in [-0.2, -0.15) is 0 Å². The topological polar surface area (TPSA) is 43.4 Å². The predicted octanol–water partition coefficient (Wildman–Crippen LogP) is 3.96. The largest absolute Gasteiger partial charge is 0.465 e. The summed E-state index contributed by atoms with van der Waals surface area (Å²) < 4.78 is 5.20. The highest BCUT2D eigenvalue weighted by atomic mass is 32.2. The summed E-state index contributed by atoms with van der Waals surface area (Å²) in [6, 6.07) is 7.36. The van der Waals surface area contributed by atoms with Gasteiger partial charge in [0.2, 0.25) is 0 Å². The zero-order chi connectivity index (χ0) is 15.1. The highest BCUT2D eigenvalue weighted by molar-refractivity contribution is 8.00. The molecule has 0 aliphatic carbocycles. The van der Waals surface area contributed by atoms with Crippen LogP contribution in [0.1, 0.15) is 44.5 Å². The molecule has 1 atom stereocenters. The zero-order valence-electron chi connectivity index (χ0n) is 12.5. The lowest BCUT2D eigenvalue weighted by Crippen LogP contribution is -2.19. The third-order valence-corrected chi connectivity index (χ3v) is 3.79. The van der Waals surface area contributed by atoms with Gasteiger partial charge < -0.3 is 4.74 Å². The number of carbonyl (C=O) groups is 2. The molecule has 1 aromatic carbocycles.